The zero-order chi connectivity index (χ0) is 12.1. The predicted octanol–water partition coefficient (Wildman–Crippen LogP) is 1.87. The van der Waals surface area contributed by atoms with Crippen LogP contribution < -0.4 is 5.73 Å². The van der Waals surface area contributed by atoms with Crippen molar-refractivity contribution in [1.82, 2.24) is 0 Å². The summed E-state index contributed by atoms with van der Waals surface area (Å²) in [4.78, 5) is 10.6. The highest BCUT2D eigenvalue weighted by atomic mass is 16.5. The molecule has 0 amide bonds. The first-order valence-electron chi connectivity index (χ1n) is 5.14. The second-order valence-corrected chi connectivity index (χ2v) is 3.75. The van der Waals surface area contributed by atoms with Gasteiger partial charge in [0.1, 0.15) is 0 Å². The van der Waals surface area contributed by atoms with E-state index in [1.807, 2.05) is 31.2 Å². The van der Waals surface area contributed by atoms with Crippen LogP contribution in [0.4, 0.5) is 0 Å². The van der Waals surface area contributed by atoms with Gasteiger partial charge in [-0.1, -0.05) is 24.3 Å². The molecule has 1 rings (SSSR count). The second kappa shape index (κ2) is 5.63. The Morgan fingerprint density at radius 1 is 1.50 bits per heavy atom. The Bertz CT molecular complexity index is 365. The Labute approximate surface area is 95.0 Å². The topological polar surface area (TPSA) is 72.5 Å². The summed E-state index contributed by atoms with van der Waals surface area (Å²) in [7, 11) is 1.63. The summed E-state index contributed by atoms with van der Waals surface area (Å²) in [6, 6.07) is 7.05. The maximum Gasteiger partial charge on any atom is 0.305 e. The van der Waals surface area contributed by atoms with Gasteiger partial charge >= 0.3 is 5.97 Å². The summed E-state index contributed by atoms with van der Waals surface area (Å²) in [5.41, 5.74) is 7.61. The first-order valence-corrected chi connectivity index (χ1v) is 5.14. The smallest absolute Gasteiger partial charge is 0.305 e. The van der Waals surface area contributed by atoms with Crippen LogP contribution in [0.15, 0.2) is 24.3 Å². The fourth-order valence-electron chi connectivity index (χ4n) is 1.48. The third-order valence-corrected chi connectivity index (χ3v) is 2.56. The molecule has 4 heteroatoms. The van der Waals surface area contributed by atoms with Crippen molar-refractivity contribution in [1.29, 1.82) is 0 Å². The molecule has 4 nitrogen and oxygen atoms in total. The quantitative estimate of drug-likeness (QED) is 0.799. The lowest BCUT2D eigenvalue weighted by Gasteiger charge is -2.14. The molecule has 0 aliphatic heterocycles. The number of aliphatic carboxylic acids is 1. The van der Waals surface area contributed by atoms with Crippen LogP contribution >= 0.6 is 0 Å². The molecule has 16 heavy (non-hydrogen) atoms. The van der Waals surface area contributed by atoms with E-state index in [9.17, 15) is 4.79 Å². The molecule has 1 aromatic carbocycles. The Morgan fingerprint density at radius 2 is 2.12 bits per heavy atom. The minimum atomic E-state index is -0.891. The minimum absolute atomic E-state index is 0.0167. The molecule has 0 saturated heterocycles. The van der Waals surface area contributed by atoms with Crippen LogP contribution in [0.3, 0.4) is 0 Å². The van der Waals surface area contributed by atoms with Crippen LogP contribution in [0.5, 0.6) is 0 Å². The number of nitrogens with two attached hydrogens (primary N) is 1. The van der Waals surface area contributed by atoms with E-state index in [0.717, 1.165) is 11.1 Å². The Balaban J connectivity index is 2.85. The predicted molar refractivity (Wildman–Crippen MR) is 61.0 cm³/mol. The zero-order valence-corrected chi connectivity index (χ0v) is 9.51. The molecule has 0 radical (unpaired) electrons. The van der Waals surface area contributed by atoms with Crippen LogP contribution in [-0.4, -0.2) is 18.2 Å². The van der Waals surface area contributed by atoms with Gasteiger partial charge in [0.25, 0.3) is 0 Å². The van der Waals surface area contributed by atoms with Gasteiger partial charge < -0.3 is 15.6 Å². The molecule has 88 valence electrons. The number of hydrogen-bond donors (Lipinski definition) is 2. The normalized spacial score (nSPS) is 14.4. The lowest BCUT2D eigenvalue weighted by Crippen LogP contribution is -2.15. The van der Waals surface area contributed by atoms with Gasteiger partial charge in [0.15, 0.2) is 0 Å². The minimum Gasteiger partial charge on any atom is -0.481 e. The molecule has 2 atom stereocenters. The first-order chi connectivity index (χ1) is 7.54. The fourth-order valence-corrected chi connectivity index (χ4v) is 1.48. The molecule has 0 aromatic heterocycles. The number of benzene rings is 1. The maximum absolute atomic E-state index is 10.6. The first kappa shape index (κ1) is 12.7. The molecule has 0 aliphatic carbocycles. The molecular formula is C12H17NO3. The zero-order valence-electron chi connectivity index (χ0n) is 9.51. The number of ether oxygens (including phenoxy) is 1. The lowest BCUT2D eigenvalue weighted by atomic mass is 10.0. The number of carboxylic acid groups (broad SMARTS) is 1. The van der Waals surface area contributed by atoms with E-state index in [1.165, 1.54) is 0 Å². The summed E-state index contributed by atoms with van der Waals surface area (Å²) in [6.45, 7) is 1.93. The Hall–Kier alpha value is -1.39. The molecule has 2 unspecified atom stereocenters. The van der Waals surface area contributed by atoms with Gasteiger partial charge in [-0.25, -0.2) is 0 Å². The van der Waals surface area contributed by atoms with Gasteiger partial charge in [-0.15, -0.1) is 0 Å². The molecular weight excluding hydrogens is 206 g/mol. The van der Waals surface area contributed by atoms with Crippen molar-refractivity contribution in [3.05, 3.63) is 35.4 Å². The number of carbonyl (C=O) groups is 1. The van der Waals surface area contributed by atoms with Crippen molar-refractivity contribution >= 4 is 5.97 Å². The average Bonchev–Trinajstić information content (AvgIpc) is 2.27. The largest absolute Gasteiger partial charge is 0.481 e. The van der Waals surface area contributed by atoms with Gasteiger partial charge in [0.2, 0.25) is 0 Å². The van der Waals surface area contributed by atoms with Gasteiger partial charge in [0, 0.05) is 13.2 Å². The SMILES string of the molecule is COC(C)c1cccc(C(N)CC(=O)O)c1. The molecule has 0 heterocycles. The number of rotatable bonds is 5. The summed E-state index contributed by atoms with van der Waals surface area (Å²) >= 11 is 0. The van der Waals surface area contributed by atoms with Crippen LogP contribution in [0, 0.1) is 0 Å². The molecule has 3 N–H and O–H groups in total. The number of methoxy groups -OCH3 is 1. The Kier molecular flexibility index (Phi) is 4.46. The molecule has 0 saturated carbocycles. The lowest BCUT2D eigenvalue weighted by molar-refractivity contribution is -0.137. The highest BCUT2D eigenvalue weighted by molar-refractivity contribution is 5.67. The van der Waals surface area contributed by atoms with Crippen LogP contribution in [0.1, 0.15) is 36.6 Å². The van der Waals surface area contributed by atoms with E-state index in [0.29, 0.717) is 0 Å². The number of hydrogen-bond acceptors (Lipinski definition) is 3. The number of carboxylic acids is 1. The van der Waals surface area contributed by atoms with Crippen molar-refractivity contribution < 1.29 is 14.6 Å². The van der Waals surface area contributed by atoms with E-state index in [4.69, 9.17) is 15.6 Å². The van der Waals surface area contributed by atoms with Crippen molar-refractivity contribution in [3.63, 3.8) is 0 Å². The monoisotopic (exact) mass is 223 g/mol. The molecule has 0 aliphatic rings. The summed E-state index contributed by atoms with van der Waals surface area (Å²) < 4.78 is 5.19. The van der Waals surface area contributed by atoms with Gasteiger partial charge in [0.05, 0.1) is 12.5 Å². The Morgan fingerprint density at radius 3 is 2.69 bits per heavy atom. The third-order valence-electron chi connectivity index (χ3n) is 2.56. The van der Waals surface area contributed by atoms with E-state index in [-0.39, 0.29) is 12.5 Å². The van der Waals surface area contributed by atoms with Gasteiger partial charge in [-0.2, -0.15) is 0 Å². The summed E-state index contributed by atoms with van der Waals surface area (Å²) in [6.07, 6.45) is -0.0814. The highest BCUT2D eigenvalue weighted by Crippen LogP contribution is 2.21. The van der Waals surface area contributed by atoms with Crippen molar-refractivity contribution in [2.45, 2.75) is 25.5 Å². The van der Waals surface area contributed by atoms with Crippen molar-refractivity contribution in [3.8, 4) is 0 Å². The molecule has 1 aromatic rings. The van der Waals surface area contributed by atoms with E-state index in [2.05, 4.69) is 0 Å². The van der Waals surface area contributed by atoms with Gasteiger partial charge in [-0.05, 0) is 18.1 Å². The molecule has 0 spiro atoms. The fraction of sp³-hybridized carbons (Fsp3) is 0.417. The second-order valence-electron chi connectivity index (χ2n) is 3.75. The summed E-state index contributed by atoms with van der Waals surface area (Å²) in [5.74, 6) is -0.891. The van der Waals surface area contributed by atoms with Crippen molar-refractivity contribution in [2.75, 3.05) is 7.11 Å². The van der Waals surface area contributed by atoms with Crippen LogP contribution in [-0.2, 0) is 9.53 Å². The van der Waals surface area contributed by atoms with E-state index >= 15 is 0 Å². The van der Waals surface area contributed by atoms with E-state index in [1.54, 1.807) is 7.11 Å². The average molecular weight is 223 g/mol. The maximum atomic E-state index is 10.6. The molecule has 0 fully saturated rings. The van der Waals surface area contributed by atoms with Crippen LogP contribution in [0.25, 0.3) is 0 Å². The van der Waals surface area contributed by atoms with Gasteiger partial charge in [-0.3, -0.25) is 4.79 Å². The highest BCUT2D eigenvalue weighted by Gasteiger charge is 2.12. The van der Waals surface area contributed by atoms with Crippen molar-refractivity contribution in [2.24, 2.45) is 5.73 Å². The molecule has 0 bridgehead atoms. The summed E-state index contributed by atoms with van der Waals surface area (Å²) in [5, 5.41) is 8.67. The van der Waals surface area contributed by atoms with E-state index < -0.39 is 12.0 Å². The standard InChI is InChI=1S/C12H17NO3/c1-8(16-2)9-4-3-5-10(6-9)11(13)7-12(14)15/h3-6,8,11H,7,13H2,1-2H3,(H,14,15). The van der Waals surface area contributed by atoms with Crippen LogP contribution in [0.2, 0.25) is 0 Å². The third kappa shape index (κ3) is 3.32.